The zero-order valence-corrected chi connectivity index (χ0v) is 10.7. The number of nitrogens with one attached hydrogen (secondary N) is 1. The Morgan fingerprint density at radius 2 is 2.11 bits per heavy atom. The van der Waals surface area contributed by atoms with E-state index in [0.717, 1.165) is 24.9 Å². The van der Waals surface area contributed by atoms with Crippen LogP contribution in [0.1, 0.15) is 18.9 Å². The van der Waals surface area contributed by atoms with E-state index in [1.165, 1.54) is 12.0 Å². The summed E-state index contributed by atoms with van der Waals surface area (Å²) < 4.78 is 5.19. The SMILES string of the molecule is CC1CC1CNCc1ccc(OCC(N)=O)cc1. The number of primary amides is 1. The zero-order chi connectivity index (χ0) is 13.0. The third kappa shape index (κ3) is 4.04. The van der Waals surface area contributed by atoms with Crippen LogP contribution in [0.3, 0.4) is 0 Å². The molecule has 3 N–H and O–H groups in total. The minimum Gasteiger partial charge on any atom is -0.484 e. The van der Waals surface area contributed by atoms with Crippen LogP contribution >= 0.6 is 0 Å². The largest absolute Gasteiger partial charge is 0.484 e. The highest BCUT2D eigenvalue weighted by atomic mass is 16.5. The number of hydrogen-bond acceptors (Lipinski definition) is 3. The molecular weight excluding hydrogens is 228 g/mol. The molecule has 1 saturated carbocycles. The van der Waals surface area contributed by atoms with E-state index < -0.39 is 5.91 Å². The van der Waals surface area contributed by atoms with Gasteiger partial charge in [-0.25, -0.2) is 0 Å². The monoisotopic (exact) mass is 248 g/mol. The van der Waals surface area contributed by atoms with Gasteiger partial charge in [-0.3, -0.25) is 4.79 Å². The summed E-state index contributed by atoms with van der Waals surface area (Å²) in [6.07, 6.45) is 1.35. The van der Waals surface area contributed by atoms with Gasteiger partial charge in [0.1, 0.15) is 5.75 Å². The molecule has 2 rings (SSSR count). The van der Waals surface area contributed by atoms with E-state index in [4.69, 9.17) is 10.5 Å². The first-order valence-corrected chi connectivity index (χ1v) is 6.36. The highest BCUT2D eigenvalue weighted by Crippen LogP contribution is 2.36. The molecule has 1 aromatic carbocycles. The number of amides is 1. The van der Waals surface area contributed by atoms with Crippen molar-refractivity contribution < 1.29 is 9.53 Å². The Labute approximate surface area is 108 Å². The second-order valence-corrected chi connectivity index (χ2v) is 5.00. The Morgan fingerprint density at radius 1 is 1.44 bits per heavy atom. The fourth-order valence-corrected chi connectivity index (χ4v) is 1.94. The van der Waals surface area contributed by atoms with Crippen molar-refractivity contribution in [1.29, 1.82) is 0 Å². The van der Waals surface area contributed by atoms with Crippen LogP contribution in [0.5, 0.6) is 5.75 Å². The number of carbonyl (C=O) groups excluding carboxylic acids is 1. The smallest absolute Gasteiger partial charge is 0.255 e. The lowest BCUT2D eigenvalue weighted by atomic mass is 10.2. The highest BCUT2D eigenvalue weighted by Gasteiger charge is 2.31. The van der Waals surface area contributed by atoms with Crippen LogP contribution in [0.15, 0.2) is 24.3 Å². The Kier molecular flexibility index (Phi) is 4.20. The van der Waals surface area contributed by atoms with Gasteiger partial charge in [-0.15, -0.1) is 0 Å². The predicted octanol–water partition coefficient (Wildman–Crippen LogP) is 1.30. The number of ether oxygens (including phenoxy) is 1. The first-order valence-electron chi connectivity index (χ1n) is 6.36. The molecule has 1 aliphatic carbocycles. The summed E-state index contributed by atoms with van der Waals surface area (Å²) in [5.74, 6) is 1.97. The molecular formula is C14H20N2O2. The molecule has 2 unspecified atom stereocenters. The molecule has 0 aromatic heterocycles. The second-order valence-electron chi connectivity index (χ2n) is 5.00. The molecule has 1 amide bonds. The van der Waals surface area contributed by atoms with E-state index in [2.05, 4.69) is 12.2 Å². The van der Waals surface area contributed by atoms with Crippen molar-refractivity contribution in [3.63, 3.8) is 0 Å². The maximum Gasteiger partial charge on any atom is 0.255 e. The Hall–Kier alpha value is -1.55. The van der Waals surface area contributed by atoms with Crippen molar-refractivity contribution in [1.82, 2.24) is 5.32 Å². The maximum atomic E-state index is 10.6. The van der Waals surface area contributed by atoms with Crippen LogP contribution in [-0.4, -0.2) is 19.1 Å². The van der Waals surface area contributed by atoms with Gasteiger partial charge in [0.05, 0.1) is 0 Å². The first kappa shape index (κ1) is 12.9. The number of nitrogens with two attached hydrogens (primary N) is 1. The molecule has 0 radical (unpaired) electrons. The van der Waals surface area contributed by atoms with E-state index in [-0.39, 0.29) is 6.61 Å². The van der Waals surface area contributed by atoms with Gasteiger partial charge in [0.15, 0.2) is 6.61 Å². The fourth-order valence-electron chi connectivity index (χ4n) is 1.94. The molecule has 1 aromatic rings. The van der Waals surface area contributed by atoms with Crippen molar-refractivity contribution in [2.24, 2.45) is 17.6 Å². The fraction of sp³-hybridized carbons (Fsp3) is 0.500. The molecule has 4 heteroatoms. The van der Waals surface area contributed by atoms with Crippen molar-refractivity contribution in [3.8, 4) is 5.75 Å². The van der Waals surface area contributed by atoms with Crippen molar-refractivity contribution in [2.75, 3.05) is 13.2 Å². The molecule has 2 atom stereocenters. The lowest BCUT2D eigenvalue weighted by molar-refractivity contribution is -0.119. The molecule has 0 bridgehead atoms. The number of benzene rings is 1. The summed E-state index contributed by atoms with van der Waals surface area (Å²) >= 11 is 0. The average molecular weight is 248 g/mol. The molecule has 1 fully saturated rings. The summed E-state index contributed by atoms with van der Waals surface area (Å²) in [6, 6.07) is 7.72. The topological polar surface area (TPSA) is 64.3 Å². The minimum absolute atomic E-state index is 0.0723. The third-order valence-corrected chi connectivity index (χ3v) is 3.32. The Bertz CT molecular complexity index is 403. The summed E-state index contributed by atoms with van der Waals surface area (Å²) in [6.45, 7) is 4.19. The lowest BCUT2D eigenvalue weighted by Gasteiger charge is -2.06. The summed E-state index contributed by atoms with van der Waals surface area (Å²) in [4.78, 5) is 10.6. The van der Waals surface area contributed by atoms with E-state index in [9.17, 15) is 4.79 Å². The Morgan fingerprint density at radius 3 is 2.67 bits per heavy atom. The summed E-state index contributed by atoms with van der Waals surface area (Å²) in [5.41, 5.74) is 6.22. The van der Waals surface area contributed by atoms with Crippen LogP contribution in [-0.2, 0) is 11.3 Å². The van der Waals surface area contributed by atoms with Crippen molar-refractivity contribution >= 4 is 5.91 Å². The average Bonchev–Trinajstić information content (AvgIpc) is 3.04. The summed E-state index contributed by atoms with van der Waals surface area (Å²) in [5, 5.41) is 3.45. The van der Waals surface area contributed by atoms with Crippen molar-refractivity contribution in [2.45, 2.75) is 19.9 Å². The minimum atomic E-state index is -0.459. The highest BCUT2D eigenvalue weighted by molar-refractivity contribution is 5.75. The molecule has 0 aliphatic heterocycles. The number of hydrogen-bond donors (Lipinski definition) is 2. The molecule has 0 saturated heterocycles. The summed E-state index contributed by atoms with van der Waals surface area (Å²) in [7, 11) is 0. The Balaban J connectivity index is 1.71. The first-order chi connectivity index (χ1) is 8.65. The van der Waals surface area contributed by atoms with Crippen LogP contribution < -0.4 is 15.8 Å². The van der Waals surface area contributed by atoms with E-state index in [1.54, 1.807) is 0 Å². The molecule has 0 heterocycles. The molecule has 0 spiro atoms. The van der Waals surface area contributed by atoms with Crippen LogP contribution in [0.25, 0.3) is 0 Å². The van der Waals surface area contributed by atoms with Crippen LogP contribution in [0, 0.1) is 11.8 Å². The van der Waals surface area contributed by atoms with Gasteiger partial charge >= 0.3 is 0 Å². The van der Waals surface area contributed by atoms with Gasteiger partial charge < -0.3 is 15.8 Å². The molecule has 18 heavy (non-hydrogen) atoms. The van der Waals surface area contributed by atoms with Gasteiger partial charge in [-0.2, -0.15) is 0 Å². The number of carbonyl (C=O) groups is 1. The molecule has 98 valence electrons. The third-order valence-electron chi connectivity index (χ3n) is 3.32. The predicted molar refractivity (Wildman–Crippen MR) is 70.1 cm³/mol. The van der Waals surface area contributed by atoms with Gasteiger partial charge in [0.2, 0.25) is 0 Å². The second kappa shape index (κ2) is 5.87. The normalized spacial score (nSPS) is 21.6. The van der Waals surface area contributed by atoms with Gasteiger partial charge in [-0.05, 0) is 42.5 Å². The van der Waals surface area contributed by atoms with E-state index >= 15 is 0 Å². The lowest BCUT2D eigenvalue weighted by Crippen LogP contribution is -2.20. The van der Waals surface area contributed by atoms with Gasteiger partial charge in [0, 0.05) is 6.54 Å². The molecule has 1 aliphatic rings. The standard InChI is InChI=1S/C14H20N2O2/c1-10-6-12(10)8-16-7-11-2-4-13(5-3-11)18-9-14(15)17/h2-5,10,12,16H,6-9H2,1H3,(H2,15,17). The van der Waals surface area contributed by atoms with Crippen LogP contribution in [0.4, 0.5) is 0 Å². The van der Waals surface area contributed by atoms with Crippen molar-refractivity contribution in [3.05, 3.63) is 29.8 Å². The maximum absolute atomic E-state index is 10.6. The van der Waals surface area contributed by atoms with E-state index in [1.807, 2.05) is 24.3 Å². The van der Waals surface area contributed by atoms with Gasteiger partial charge in [0.25, 0.3) is 5.91 Å². The van der Waals surface area contributed by atoms with Gasteiger partial charge in [-0.1, -0.05) is 19.1 Å². The molecule has 4 nitrogen and oxygen atoms in total. The quantitative estimate of drug-likeness (QED) is 0.764. The number of rotatable bonds is 7. The van der Waals surface area contributed by atoms with E-state index in [0.29, 0.717) is 5.75 Å². The van der Waals surface area contributed by atoms with Crippen LogP contribution in [0.2, 0.25) is 0 Å². The zero-order valence-electron chi connectivity index (χ0n) is 10.7.